The van der Waals surface area contributed by atoms with Crippen molar-refractivity contribution in [2.75, 3.05) is 13.1 Å². The number of nitrogens with one attached hydrogen (secondary N) is 1. The van der Waals surface area contributed by atoms with Crippen molar-refractivity contribution in [3.8, 4) is 0 Å². The maximum Gasteiger partial charge on any atom is 0.220 e. The Hall–Kier alpha value is -1.12. The fraction of sp³-hybridized carbons (Fsp3) is 0.667. The summed E-state index contributed by atoms with van der Waals surface area (Å²) in [4.78, 5) is 19.4. The first-order valence-corrected chi connectivity index (χ1v) is 4.33. The fourth-order valence-corrected chi connectivity index (χ4v) is 0.615. The Morgan fingerprint density at radius 1 is 1.62 bits per heavy atom. The molecule has 0 aliphatic carbocycles. The van der Waals surface area contributed by atoms with Gasteiger partial charge in [-0.2, -0.15) is 0 Å². The highest BCUT2D eigenvalue weighted by molar-refractivity contribution is 5.75. The van der Waals surface area contributed by atoms with Crippen molar-refractivity contribution in [1.29, 1.82) is 0 Å². The van der Waals surface area contributed by atoms with Crippen molar-refractivity contribution in [1.82, 2.24) is 5.32 Å². The summed E-state index contributed by atoms with van der Waals surface area (Å²) in [5.41, 5.74) is 5.23. The molecule has 0 aliphatic rings. The molecule has 0 fully saturated rings. The number of nitrogens with two attached hydrogens (primary N) is 1. The van der Waals surface area contributed by atoms with Gasteiger partial charge in [-0.3, -0.25) is 4.79 Å². The Morgan fingerprint density at radius 3 is 2.54 bits per heavy atom. The van der Waals surface area contributed by atoms with Crippen molar-refractivity contribution >= 4 is 11.8 Å². The van der Waals surface area contributed by atoms with Gasteiger partial charge < -0.3 is 11.1 Å². The number of carbonyl (C=O) groups is 1. The van der Waals surface area contributed by atoms with E-state index in [0.717, 1.165) is 19.4 Å². The van der Waals surface area contributed by atoms with Crippen LogP contribution in [0.15, 0.2) is 6.58 Å². The van der Waals surface area contributed by atoms with E-state index in [4.69, 9.17) is 10.5 Å². The molecule has 0 aromatic carbocycles. The van der Waals surface area contributed by atoms with Crippen LogP contribution in [0.1, 0.15) is 26.2 Å². The molecule has 3 N–H and O–H groups in total. The quantitative estimate of drug-likeness (QED) is 0.605. The molecule has 0 saturated heterocycles. The number of rotatable bonds is 5. The minimum Gasteiger partial charge on any atom is -0.356 e. The largest absolute Gasteiger partial charge is 0.356 e. The third-order valence-corrected chi connectivity index (χ3v) is 1.18. The Labute approximate surface area is 79.2 Å². The van der Waals surface area contributed by atoms with Gasteiger partial charge in [0.25, 0.3) is 0 Å². The summed E-state index contributed by atoms with van der Waals surface area (Å²) in [6, 6.07) is 0. The molecule has 4 nitrogen and oxygen atoms in total. The highest BCUT2D eigenvalue weighted by atomic mass is 16.1. The molecule has 76 valence electrons. The van der Waals surface area contributed by atoms with E-state index in [1.165, 1.54) is 5.94 Å². The first-order valence-electron chi connectivity index (χ1n) is 4.33. The van der Waals surface area contributed by atoms with Crippen molar-refractivity contribution in [3.63, 3.8) is 0 Å². The summed E-state index contributed by atoms with van der Waals surface area (Å²) >= 11 is 0. The molecule has 0 aromatic heterocycles. The van der Waals surface area contributed by atoms with Crippen LogP contribution in [0.3, 0.4) is 0 Å². The third kappa shape index (κ3) is 18.1. The summed E-state index contributed by atoms with van der Waals surface area (Å²) in [5.74, 6) is 1.37. The zero-order valence-corrected chi connectivity index (χ0v) is 8.14. The van der Waals surface area contributed by atoms with Gasteiger partial charge >= 0.3 is 0 Å². The van der Waals surface area contributed by atoms with Crippen LogP contribution in [0.2, 0.25) is 0 Å². The van der Waals surface area contributed by atoms with Crippen molar-refractivity contribution in [3.05, 3.63) is 6.58 Å². The molecule has 13 heavy (non-hydrogen) atoms. The second-order valence-electron chi connectivity index (χ2n) is 2.39. The highest BCUT2D eigenvalue weighted by Crippen LogP contribution is 1.84. The Kier molecular flexibility index (Phi) is 14.9. The second-order valence-corrected chi connectivity index (χ2v) is 2.39. The molecule has 0 atom stereocenters. The van der Waals surface area contributed by atoms with Crippen LogP contribution < -0.4 is 11.1 Å². The van der Waals surface area contributed by atoms with Crippen molar-refractivity contribution < 1.29 is 9.59 Å². The van der Waals surface area contributed by atoms with Crippen LogP contribution in [0.5, 0.6) is 0 Å². The molecule has 0 unspecified atom stereocenters. The van der Waals surface area contributed by atoms with E-state index in [1.54, 1.807) is 0 Å². The normalized spacial score (nSPS) is 7.85. The molecule has 4 heteroatoms. The number of hydrogen-bond acceptors (Lipinski definition) is 3. The number of amides is 1. The topological polar surface area (TPSA) is 72.2 Å². The molecule has 0 saturated carbocycles. The van der Waals surface area contributed by atoms with Gasteiger partial charge in [0.1, 0.15) is 5.94 Å². The van der Waals surface area contributed by atoms with Gasteiger partial charge in [0.05, 0.1) is 0 Å². The van der Waals surface area contributed by atoms with E-state index in [9.17, 15) is 4.79 Å². The number of hydrogen-bond donors (Lipinski definition) is 2. The lowest BCUT2D eigenvalue weighted by atomic mass is 10.3. The van der Waals surface area contributed by atoms with Gasteiger partial charge in [0.2, 0.25) is 5.91 Å². The lowest BCUT2D eigenvalue weighted by Gasteiger charge is -2.00. The van der Waals surface area contributed by atoms with E-state index in [2.05, 4.69) is 11.9 Å². The van der Waals surface area contributed by atoms with E-state index in [-0.39, 0.29) is 5.91 Å². The maximum absolute atomic E-state index is 10.8. The minimum atomic E-state index is 0.118. The summed E-state index contributed by atoms with van der Waals surface area (Å²) in [5, 5.41) is 2.77. The lowest BCUT2D eigenvalue weighted by molar-refractivity contribution is -0.121. The van der Waals surface area contributed by atoms with Crippen LogP contribution in [0.4, 0.5) is 0 Å². The predicted octanol–water partition coefficient (Wildman–Crippen LogP) is 0.256. The fourth-order valence-electron chi connectivity index (χ4n) is 0.615. The molecule has 0 rings (SSSR count). The van der Waals surface area contributed by atoms with E-state index in [0.29, 0.717) is 13.0 Å². The molecule has 0 spiro atoms. The van der Waals surface area contributed by atoms with Gasteiger partial charge in [-0.1, -0.05) is 6.92 Å². The Balaban J connectivity index is 0. The third-order valence-electron chi connectivity index (χ3n) is 1.18. The smallest absolute Gasteiger partial charge is 0.220 e. The second kappa shape index (κ2) is 13.5. The monoisotopic (exact) mass is 186 g/mol. The molecule has 0 heterocycles. The van der Waals surface area contributed by atoms with Gasteiger partial charge in [-0.05, 0) is 26.0 Å². The van der Waals surface area contributed by atoms with E-state index >= 15 is 0 Å². The van der Waals surface area contributed by atoms with Crippen LogP contribution in [0.25, 0.3) is 0 Å². The number of carbonyl (C=O) groups excluding carboxylic acids is 2. The highest BCUT2D eigenvalue weighted by Gasteiger charge is 1.96. The molecule has 0 aliphatic heterocycles. The first kappa shape index (κ1) is 14.4. The summed E-state index contributed by atoms with van der Waals surface area (Å²) in [7, 11) is 0. The molecule has 0 radical (unpaired) electrons. The summed E-state index contributed by atoms with van der Waals surface area (Å²) in [6.07, 6.45) is 2.35. The molecule has 1 amide bonds. The zero-order valence-electron chi connectivity index (χ0n) is 8.14. The summed E-state index contributed by atoms with van der Waals surface area (Å²) < 4.78 is 0. The SMILES string of the molecule is C=C=O.CCCNC(=O)CCCN. The standard InChI is InChI=1S/C7H16N2O.C2H2O/c1-2-6-9-7(10)4-3-5-8;1-2-3/h2-6,8H2,1H3,(H,9,10);1H2. The van der Waals surface area contributed by atoms with Crippen molar-refractivity contribution in [2.24, 2.45) is 5.73 Å². The lowest BCUT2D eigenvalue weighted by Crippen LogP contribution is -2.24. The van der Waals surface area contributed by atoms with Gasteiger partial charge in [0, 0.05) is 13.0 Å². The average molecular weight is 186 g/mol. The van der Waals surface area contributed by atoms with Gasteiger partial charge in [-0.15, -0.1) is 0 Å². The maximum atomic E-state index is 10.8. The minimum absolute atomic E-state index is 0.118. The van der Waals surface area contributed by atoms with Crippen LogP contribution in [-0.4, -0.2) is 24.9 Å². The average Bonchev–Trinajstić information content (AvgIpc) is 2.12. The molecule has 0 bridgehead atoms. The van der Waals surface area contributed by atoms with Crippen LogP contribution >= 0.6 is 0 Å². The van der Waals surface area contributed by atoms with Gasteiger partial charge in [0.15, 0.2) is 0 Å². The summed E-state index contributed by atoms with van der Waals surface area (Å²) in [6.45, 7) is 6.09. The van der Waals surface area contributed by atoms with Crippen molar-refractivity contribution in [2.45, 2.75) is 26.2 Å². The van der Waals surface area contributed by atoms with E-state index < -0.39 is 0 Å². The predicted molar refractivity (Wildman–Crippen MR) is 52.9 cm³/mol. The Bertz CT molecular complexity index is 142. The molecule has 0 aromatic rings. The first-order chi connectivity index (χ1) is 6.22. The van der Waals surface area contributed by atoms with Crippen LogP contribution in [-0.2, 0) is 9.59 Å². The van der Waals surface area contributed by atoms with E-state index in [1.807, 2.05) is 6.92 Å². The molecular formula is C9H18N2O2. The zero-order chi connectivity index (χ0) is 10.5. The Morgan fingerprint density at radius 2 is 2.15 bits per heavy atom. The van der Waals surface area contributed by atoms with Crippen LogP contribution in [0, 0.1) is 0 Å². The molecular weight excluding hydrogens is 168 g/mol. The van der Waals surface area contributed by atoms with Gasteiger partial charge in [-0.25, -0.2) is 4.79 Å².